The van der Waals surface area contributed by atoms with E-state index in [9.17, 15) is 0 Å². The van der Waals surface area contributed by atoms with Crippen molar-refractivity contribution < 1.29 is 0 Å². The summed E-state index contributed by atoms with van der Waals surface area (Å²) in [6.07, 6.45) is 1.97. The molecule has 0 aromatic heterocycles. The van der Waals surface area contributed by atoms with Crippen LogP contribution in [0.3, 0.4) is 0 Å². The van der Waals surface area contributed by atoms with Crippen molar-refractivity contribution in [3.8, 4) is 6.07 Å². The van der Waals surface area contributed by atoms with E-state index in [1.165, 1.54) is 0 Å². The van der Waals surface area contributed by atoms with Crippen molar-refractivity contribution in [2.75, 3.05) is 6.54 Å². The monoisotopic (exact) mass is 182 g/mol. The normalized spacial score (nSPS) is 25.6. The summed E-state index contributed by atoms with van der Waals surface area (Å²) in [5.41, 5.74) is 0. The minimum atomic E-state index is 0.00227. The number of nitrogens with zero attached hydrogens (tertiary/aromatic N) is 2. The lowest BCUT2D eigenvalue weighted by Crippen LogP contribution is -2.34. The highest BCUT2D eigenvalue weighted by Gasteiger charge is 2.28. The summed E-state index contributed by atoms with van der Waals surface area (Å²) in [5, 5.41) is 8.84. The van der Waals surface area contributed by atoms with Crippen molar-refractivity contribution >= 4 is 17.2 Å². The lowest BCUT2D eigenvalue weighted by atomic mass is 10.1. The van der Waals surface area contributed by atoms with Crippen LogP contribution in [-0.2, 0) is 0 Å². The van der Waals surface area contributed by atoms with Gasteiger partial charge < -0.3 is 4.90 Å². The fraction of sp³-hybridized carbons (Fsp3) is 0.778. The summed E-state index contributed by atoms with van der Waals surface area (Å²) >= 11 is 5.25. The molecule has 2 unspecified atom stereocenters. The van der Waals surface area contributed by atoms with Gasteiger partial charge in [0.15, 0.2) is 0 Å². The molecule has 0 radical (unpaired) electrons. The Morgan fingerprint density at radius 2 is 2.50 bits per heavy atom. The number of rotatable bonds is 2. The third-order valence-corrected chi connectivity index (χ3v) is 3.06. The van der Waals surface area contributed by atoms with Crippen LogP contribution in [0.15, 0.2) is 0 Å². The molecule has 1 fully saturated rings. The summed E-state index contributed by atoms with van der Waals surface area (Å²) in [5.74, 6) is 0.488. The molecule has 1 aliphatic rings. The lowest BCUT2D eigenvalue weighted by molar-refractivity contribution is 0.389. The van der Waals surface area contributed by atoms with E-state index in [4.69, 9.17) is 17.5 Å². The first-order valence-corrected chi connectivity index (χ1v) is 4.81. The maximum atomic E-state index is 8.84. The number of hydrogen-bond acceptors (Lipinski definition) is 2. The molecule has 12 heavy (non-hydrogen) atoms. The van der Waals surface area contributed by atoms with Crippen molar-refractivity contribution in [1.29, 1.82) is 5.26 Å². The smallest absolute Gasteiger partial charge is 0.117 e. The van der Waals surface area contributed by atoms with Crippen LogP contribution in [0.1, 0.15) is 26.7 Å². The van der Waals surface area contributed by atoms with Gasteiger partial charge in [-0.2, -0.15) is 5.26 Å². The van der Waals surface area contributed by atoms with E-state index < -0.39 is 0 Å². The van der Waals surface area contributed by atoms with Crippen molar-refractivity contribution in [3.05, 3.63) is 0 Å². The molecular formula is C9H14N2S. The highest BCUT2D eigenvalue weighted by Crippen LogP contribution is 2.21. The third kappa shape index (κ3) is 1.59. The predicted molar refractivity (Wildman–Crippen MR) is 52.8 cm³/mol. The standard InChI is InChI=1S/C9H14N2S/c1-3-8(6-10)11-5-4-7(2)9(11)12/h7-8H,3-5H2,1-2H3. The van der Waals surface area contributed by atoms with E-state index in [2.05, 4.69) is 17.9 Å². The van der Waals surface area contributed by atoms with Crippen LogP contribution in [0.5, 0.6) is 0 Å². The van der Waals surface area contributed by atoms with Gasteiger partial charge in [0, 0.05) is 12.5 Å². The number of likely N-dealkylation sites (tertiary alicyclic amines) is 1. The highest BCUT2D eigenvalue weighted by atomic mass is 32.1. The van der Waals surface area contributed by atoms with Crippen molar-refractivity contribution in [2.45, 2.75) is 32.7 Å². The Balaban J connectivity index is 2.65. The van der Waals surface area contributed by atoms with Crippen LogP contribution < -0.4 is 0 Å². The molecule has 0 amide bonds. The van der Waals surface area contributed by atoms with Crippen LogP contribution >= 0.6 is 12.2 Å². The molecule has 0 spiro atoms. The molecular weight excluding hydrogens is 168 g/mol. The van der Waals surface area contributed by atoms with Gasteiger partial charge in [-0.15, -0.1) is 0 Å². The molecule has 0 aromatic rings. The largest absolute Gasteiger partial charge is 0.350 e. The van der Waals surface area contributed by atoms with E-state index in [-0.39, 0.29) is 6.04 Å². The van der Waals surface area contributed by atoms with E-state index in [1.807, 2.05) is 6.92 Å². The van der Waals surface area contributed by atoms with Crippen LogP contribution in [0.2, 0.25) is 0 Å². The minimum Gasteiger partial charge on any atom is -0.350 e. The number of thiocarbonyl (C=S) groups is 1. The minimum absolute atomic E-state index is 0.00227. The molecule has 0 saturated carbocycles. The van der Waals surface area contributed by atoms with E-state index >= 15 is 0 Å². The van der Waals surface area contributed by atoms with Gasteiger partial charge in [-0.1, -0.05) is 26.1 Å². The van der Waals surface area contributed by atoms with Crippen molar-refractivity contribution in [3.63, 3.8) is 0 Å². The number of nitriles is 1. The summed E-state index contributed by atoms with van der Waals surface area (Å²) in [4.78, 5) is 3.04. The quantitative estimate of drug-likeness (QED) is 0.611. The molecule has 1 rings (SSSR count). The van der Waals surface area contributed by atoms with Gasteiger partial charge in [0.25, 0.3) is 0 Å². The highest BCUT2D eigenvalue weighted by molar-refractivity contribution is 7.80. The van der Waals surface area contributed by atoms with Crippen LogP contribution in [0.25, 0.3) is 0 Å². The Morgan fingerprint density at radius 3 is 2.83 bits per heavy atom. The fourth-order valence-corrected chi connectivity index (χ4v) is 1.88. The topological polar surface area (TPSA) is 27.0 Å². The molecule has 0 N–H and O–H groups in total. The zero-order chi connectivity index (χ0) is 9.14. The molecule has 0 bridgehead atoms. The predicted octanol–water partition coefficient (Wildman–Crippen LogP) is 1.96. The van der Waals surface area contributed by atoms with Gasteiger partial charge in [-0.25, -0.2) is 0 Å². The second-order valence-corrected chi connectivity index (χ2v) is 3.69. The van der Waals surface area contributed by atoms with Crippen LogP contribution in [0, 0.1) is 17.2 Å². The zero-order valence-electron chi connectivity index (χ0n) is 7.58. The van der Waals surface area contributed by atoms with Gasteiger partial charge >= 0.3 is 0 Å². The van der Waals surface area contributed by atoms with Gasteiger partial charge in [0.1, 0.15) is 6.04 Å². The first-order chi connectivity index (χ1) is 5.70. The third-order valence-electron chi connectivity index (χ3n) is 2.42. The molecule has 1 aliphatic heterocycles. The maximum absolute atomic E-state index is 8.84. The Kier molecular flexibility index (Phi) is 3.05. The molecule has 1 heterocycles. The molecule has 1 saturated heterocycles. The zero-order valence-corrected chi connectivity index (χ0v) is 8.40. The Bertz CT molecular complexity index is 219. The second-order valence-electron chi connectivity index (χ2n) is 3.27. The van der Waals surface area contributed by atoms with Crippen molar-refractivity contribution in [1.82, 2.24) is 4.90 Å². The van der Waals surface area contributed by atoms with Gasteiger partial charge in [-0.3, -0.25) is 0 Å². The average molecular weight is 182 g/mol. The first kappa shape index (κ1) is 9.47. The molecule has 2 atom stereocenters. The molecule has 0 aromatic carbocycles. The summed E-state index contributed by atoms with van der Waals surface area (Å²) in [6, 6.07) is 2.29. The molecule has 0 aliphatic carbocycles. The molecule has 66 valence electrons. The summed E-state index contributed by atoms with van der Waals surface area (Å²) < 4.78 is 0. The molecule has 3 heteroatoms. The van der Waals surface area contributed by atoms with Gasteiger partial charge in [0.2, 0.25) is 0 Å². The van der Waals surface area contributed by atoms with Gasteiger partial charge in [0.05, 0.1) is 11.1 Å². The maximum Gasteiger partial charge on any atom is 0.117 e. The van der Waals surface area contributed by atoms with E-state index in [0.29, 0.717) is 5.92 Å². The lowest BCUT2D eigenvalue weighted by Gasteiger charge is -2.23. The van der Waals surface area contributed by atoms with Crippen molar-refractivity contribution in [2.24, 2.45) is 5.92 Å². The average Bonchev–Trinajstić information content (AvgIpc) is 2.38. The SMILES string of the molecule is CCC(C#N)N1CCC(C)C1=S. The fourth-order valence-electron chi connectivity index (χ4n) is 1.54. The van der Waals surface area contributed by atoms with Crippen LogP contribution in [-0.4, -0.2) is 22.5 Å². The Morgan fingerprint density at radius 1 is 1.83 bits per heavy atom. The summed E-state index contributed by atoms with van der Waals surface area (Å²) in [6.45, 7) is 5.12. The van der Waals surface area contributed by atoms with E-state index in [0.717, 1.165) is 24.4 Å². The second kappa shape index (κ2) is 3.86. The van der Waals surface area contributed by atoms with Crippen LogP contribution in [0.4, 0.5) is 0 Å². The number of hydrogen-bond donors (Lipinski definition) is 0. The Hall–Kier alpha value is -0.620. The Labute approximate surface area is 79.2 Å². The van der Waals surface area contributed by atoms with E-state index in [1.54, 1.807) is 0 Å². The summed E-state index contributed by atoms with van der Waals surface area (Å²) in [7, 11) is 0. The van der Waals surface area contributed by atoms with Gasteiger partial charge in [-0.05, 0) is 12.8 Å². The first-order valence-electron chi connectivity index (χ1n) is 4.40. The molecule has 2 nitrogen and oxygen atoms in total.